The zero-order valence-corrected chi connectivity index (χ0v) is 17.4. The highest BCUT2D eigenvalue weighted by atomic mass is 35.5. The van der Waals surface area contributed by atoms with Gasteiger partial charge in [-0.05, 0) is 77.6 Å². The number of methoxy groups -OCH3 is 1. The van der Waals surface area contributed by atoms with Crippen molar-refractivity contribution in [3.63, 3.8) is 0 Å². The summed E-state index contributed by atoms with van der Waals surface area (Å²) in [6.45, 7) is 0. The molecule has 0 saturated carbocycles. The second-order valence-electron chi connectivity index (χ2n) is 7.55. The SMILES string of the molecule is COc1cccc2c1CC(CCc1ccc(-c3cccc(C(N)=O)c3)cc1)C2.Cl. The van der Waals surface area contributed by atoms with Crippen LogP contribution in [0, 0.1) is 5.92 Å². The molecule has 4 heteroatoms. The van der Waals surface area contributed by atoms with Crippen molar-refractivity contribution < 1.29 is 9.53 Å². The minimum absolute atomic E-state index is 0. The number of amides is 1. The number of carbonyl (C=O) groups excluding carboxylic acids is 1. The summed E-state index contributed by atoms with van der Waals surface area (Å²) in [5.74, 6) is 1.31. The highest BCUT2D eigenvalue weighted by Gasteiger charge is 2.23. The van der Waals surface area contributed by atoms with Gasteiger partial charge >= 0.3 is 0 Å². The molecule has 0 radical (unpaired) electrons. The third kappa shape index (κ3) is 4.63. The van der Waals surface area contributed by atoms with E-state index in [1.807, 2.05) is 18.2 Å². The summed E-state index contributed by atoms with van der Waals surface area (Å²) < 4.78 is 5.52. The normalized spacial score (nSPS) is 14.7. The van der Waals surface area contributed by atoms with Crippen LogP contribution < -0.4 is 10.5 Å². The Hall–Kier alpha value is -2.78. The number of carbonyl (C=O) groups is 1. The van der Waals surface area contributed by atoms with Crippen molar-refractivity contribution in [3.05, 3.63) is 89.0 Å². The number of halogens is 1. The molecule has 0 fully saturated rings. The summed E-state index contributed by atoms with van der Waals surface area (Å²) in [6, 6.07) is 22.5. The van der Waals surface area contributed by atoms with Gasteiger partial charge in [-0.15, -0.1) is 12.4 Å². The van der Waals surface area contributed by atoms with Crippen molar-refractivity contribution in [2.75, 3.05) is 7.11 Å². The molecule has 29 heavy (non-hydrogen) atoms. The molecular formula is C25H26ClNO2. The number of hydrogen-bond acceptors (Lipinski definition) is 2. The van der Waals surface area contributed by atoms with E-state index in [0.717, 1.165) is 36.1 Å². The number of primary amides is 1. The first-order valence-electron chi connectivity index (χ1n) is 9.78. The van der Waals surface area contributed by atoms with E-state index in [4.69, 9.17) is 10.5 Å². The van der Waals surface area contributed by atoms with Gasteiger partial charge < -0.3 is 10.5 Å². The highest BCUT2D eigenvalue weighted by molar-refractivity contribution is 5.94. The Balaban J connectivity index is 0.00000240. The molecule has 1 unspecified atom stereocenters. The molecule has 0 aliphatic heterocycles. The molecule has 3 nitrogen and oxygen atoms in total. The largest absolute Gasteiger partial charge is 0.496 e. The van der Waals surface area contributed by atoms with Crippen LogP contribution in [0.1, 0.15) is 33.5 Å². The van der Waals surface area contributed by atoms with Crippen LogP contribution in [0.25, 0.3) is 11.1 Å². The fraction of sp³-hybridized carbons (Fsp3) is 0.240. The smallest absolute Gasteiger partial charge is 0.248 e. The molecule has 1 atom stereocenters. The molecule has 0 heterocycles. The Kier molecular flexibility index (Phi) is 6.60. The van der Waals surface area contributed by atoms with Gasteiger partial charge in [0.05, 0.1) is 7.11 Å². The maximum Gasteiger partial charge on any atom is 0.248 e. The summed E-state index contributed by atoms with van der Waals surface area (Å²) in [4.78, 5) is 11.4. The molecular weight excluding hydrogens is 382 g/mol. The van der Waals surface area contributed by atoms with E-state index in [0.29, 0.717) is 11.5 Å². The van der Waals surface area contributed by atoms with Crippen LogP contribution in [0.3, 0.4) is 0 Å². The molecule has 150 valence electrons. The lowest BCUT2D eigenvalue weighted by molar-refractivity contribution is 0.100. The van der Waals surface area contributed by atoms with Crippen LogP contribution >= 0.6 is 12.4 Å². The predicted octanol–water partition coefficient (Wildman–Crippen LogP) is 5.23. The van der Waals surface area contributed by atoms with Crippen LogP contribution in [-0.2, 0) is 19.3 Å². The summed E-state index contributed by atoms with van der Waals surface area (Å²) in [5, 5.41) is 0. The summed E-state index contributed by atoms with van der Waals surface area (Å²) in [5.41, 5.74) is 12.2. The average molecular weight is 408 g/mol. The van der Waals surface area contributed by atoms with E-state index >= 15 is 0 Å². The van der Waals surface area contributed by atoms with E-state index in [1.165, 1.54) is 23.1 Å². The first-order valence-corrected chi connectivity index (χ1v) is 9.78. The van der Waals surface area contributed by atoms with Gasteiger partial charge in [0.15, 0.2) is 0 Å². The van der Waals surface area contributed by atoms with Crippen molar-refractivity contribution >= 4 is 18.3 Å². The van der Waals surface area contributed by atoms with E-state index in [1.54, 1.807) is 13.2 Å². The summed E-state index contributed by atoms with van der Waals surface area (Å²) >= 11 is 0. The topological polar surface area (TPSA) is 52.3 Å². The fourth-order valence-electron chi connectivity index (χ4n) is 4.19. The number of nitrogens with two attached hydrogens (primary N) is 1. The molecule has 1 aliphatic carbocycles. The van der Waals surface area contributed by atoms with Crippen LogP contribution in [0.15, 0.2) is 66.7 Å². The lowest BCUT2D eigenvalue weighted by Gasteiger charge is -2.10. The number of hydrogen-bond donors (Lipinski definition) is 1. The van der Waals surface area contributed by atoms with Crippen LogP contribution in [0.4, 0.5) is 0 Å². The van der Waals surface area contributed by atoms with Crippen molar-refractivity contribution in [1.82, 2.24) is 0 Å². The van der Waals surface area contributed by atoms with Crippen LogP contribution in [-0.4, -0.2) is 13.0 Å². The zero-order chi connectivity index (χ0) is 19.5. The van der Waals surface area contributed by atoms with Crippen LogP contribution in [0.2, 0.25) is 0 Å². The first kappa shape index (κ1) is 20.9. The number of rotatable bonds is 6. The Morgan fingerprint density at radius 1 is 1.00 bits per heavy atom. The van der Waals surface area contributed by atoms with Gasteiger partial charge in [-0.3, -0.25) is 4.79 Å². The number of benzene rings is 3. The van der Waals surface area contributed by atoms with Gasteiger partial charge in [0.2, 0.25) is 5.91 Å². The maximum atomic E-state index is 11.4. The van der Waals surface area contributed by atoms with Gasteiger partial charge in [-0.25, -0.2) is 0 Å². The second-order valence-corrected chi connectivity index (χ2v) is 7.55. The van der Waals surface area contributed by atoms with Crippen LogP contribution in [0.5, 0.6) is 5.75 Å². The van der Waals surface area contributed by atoms with Gasteiger partial charge in [0.25, 0.3) is 0 Å². The highest BCUT2D eigenvalue weighted by Crippen LogP contribution is 2.35. The molecule has 0 spiro atoms. The second kappa shape index (κ2) is 9.15. The van der Waals surface area contributed by atoms with E-state index < -0.39 is 5.91 Å². The predicted molar refractivity (Wildman–Crippen MR) is 120 cm³/mol. The lowest BCUT2D eigenvalue weighted by atomic mass is 9.95. The molecule has 1 aliphatic rings. The molecule has 0 saturated heterocycles. The Bertz CT molecular complexity index is 998. The van der Waals surface area contributed by atoms with E-state index in [2.05, 4.69) is 42.5 Å². The van der Waals surface area contributed by atoms with Gasteiger partial charge in [-0.2, -0.15) is 0 Å². The molecule has 1 amide bonds. The molecule has 0 bridgehead atoms. The van der Waals surface area contributed by atoms with Gasteiger partial charge in [0, 0.05) is 5.56 Å². The Morgan fingerprint density at radius 2 is 1.76 bits per heavy atom. The molecule has 2 N–H and O–H groups in total. The summed E-state index contributed by atoms with van der Waals surface area (Å²) in [6.07, 6.45) is 4.50. The Labute approximate surface area is 178 Å². The minimum atomic E-state index is -0.396. The van der Waals surface area contributed by atoms with Crippen molar-refractivity contribution in [1.29, 1.82) is 0 Å². The molecule has 4 rings (SSSR count). The third-order valence-corrected chi connectivity index (χ3v) is 5.73. The quantitative estimate of drug-likeness (QED) is 0.608. The van der Waals surface area contributed by atoms with Crippen molar-refractivity contribution in [2.45, 2.75) is 25.7 Å². The third-order valence-electron chi connectivity index (χ3n) is 5.73. The monoisotopic (exact) mass is 407 g/mol. The minimum Gasteiger partial charge on any atom is -0.496 e. The molecule has 3 aromatic carbocycles. The molecule has 0 aromatic heterocycles. The molecule has 3 aromatic rings. The number of fused-ring (bicyclic) bond motifs is 1. The Morgan fingerprint density at radius 3 is 2.48 bits per heavy atom. The maximum absolute atomic E-state index is 11.4. The van der Waals surface area contributed by atoms with Crippen molar-refractivity contribution in [3.8, 4) is 16.9 Å². The van der Waals surface area contributed by atoms with E-state index in [9.17, 15) is 4.79 Å². The van der Waals surface area contributed by atoms with E-state index in [-0.39, 0.29) is 12.4 Å². The fourth-order valence-corrected chi connectivity index (χ4v) is 4.19. The van der Waals surface area contributed by atoms with Gasteiger partial charge in [0.1, 0.15) is 5.75 Å². The average Bonchev–Trinajstić information content (AvgIpc) is 3.16. The summed E-state index contributed by atoms with van der Waals surface area (Å²) in [7, 11) is 1.75. The van der Waals surface area contributed by atoms with Gasteiger partial charge in [-0.1, -0.05) is 48.5 Å². The lowest BCUT2D eigenvalue weighted by Crippen LogP contribution is -2.10. The number of ether oxygens (including phenoxy) is 1. The first-order chi connectivity index (χ1) is 13.6. The standard InChI is InChI=1S/C25H25NO2.ClH/c1-28-24-7-3-5-21-14-18(15-23(21)24)9-8-17-10-12-19(13-11-17)20-4-2-6-22(16-20)25(26)27;/h2-7,10-13,16,18H,8-9,14-15H2,1H3,(H2,26,27);1H. The number of aryl methyl sites for hydroxylation is 1. The van der Waals surface area contributed by atoms with Crippen molar-refractivity contribution in [2.24, 2.45) is 11.7 Å². The zero-order valence-electron chi connectivity index (χ0n) is 16.6.